The molecule has 0 N–H and O–H groups in total. The van der Waals surface area contributed by atoms with E-state index in [0.29, 0.717) is 0 Å². The topological polar surface area (TPSA) is 17.8 Å². The van der Waals surface area contributed by atoms with Crippen LogP contribution < -0.4 is 0 Å². The Morgan fingerprint density at radius 1 is 1.16 bits per heavy atom. The Balaban J connectivity index is 2.17. The number of aryl methyl sites for hydroxylation is 1. The molecule has 2 rings (SSSR count). The van der Waals surface area contributed by atoms with Gasteiger partial charge in [-0.15, -0.1) is 11.6 Å². The summed E-state index contributed by atoms with van der Waals surface area (Å²) in [6.45, 7) is 7.56. The number of imidazole rings is 1. The third-order valence-electron chi connectivity index (χ3n) is 3.45. The summed E-state index contributed by atoms with van der Waals surface area (Å²) in [6.07, 6.45) is 3.74. The van der Waals surface area contributed by atoms with E-state index in [1.807, 2.05) is 13.0 Å². The number of rotatable bonds is 6. The Labute approximate surface area is 120 Å². The fourth-order valence-electron chi connectivity index (χ4n) is 2.46. The lowest BCUT2D eigenvalue weighted by Crippen LogP contribution is -2.05. The quantitative estimate of drug-likeness (QED) is 0.527. The molecule has 2 aromatic rings. The van der Waals surface area contributed by atoms with Crippen molar-refractivity contribution >= 4 is 22.6 Å². The van der Waals surface area contributed by atoms with E-state index < -0.39 is 0 Å². The number of hydrogen-bond acceptors (Lipinski definition) is 1. The molecule has 0 radical (unpaired) electrons. The minimum Gasteiger partial charge on any atom is -0.327 e. The first-order valence-corrected chi connectivity index (χ1v) is 7.62. The summed E-state index contributed by atoms with van der Waals surface area (Å²) in [4.78, 5) is 4.66. The molecule has 0 amide bonds. The average molecular weight is 279 g/mol. The summed E-state index contributed by atoms with van der Waals surface area (Å²) in [5.74, 6) is 1.78. The second-order valence-electron chi connectivity index (χ2n) is 5.62. The second kappa shape index (κ2) is 6.42. The van der Waals surface area contributed by atoms with Crippen LogP contribution in [0, 0.1) is 5.92 Å². The number of aromatic nitrogens is 2. The molecule has 1 aromatic heterocycles. The largest absolute Gasteiger partial charge is 0.327 e. The zero-order chi connectivity index (χ0) is 13.8. The van der Waals surface area contributed by atoms with Gasteiger partial charge in [-0.1, -0.05) is 38.8 Å². The normalized spacial score (nSPS) is 13.3. The van der Waals surface area contributed by atoms with Gasteiger partial charge >= 0.3 is 0 Å². The molecule has 0 aliphatic heterocycles. The third-order valence-corrected chi connectivity index (χ3v) is 3.65. The van der Waals surface area contributed by atoms with Gasteiger partial charge in [-0.25, -0.2) is 4.98 Å². The molecule has 1 unspecified atom stereocenters. The number of hydrogen-bond donors (Lipinski definition) is 0. The lowest BCUT2D eigenvalue weighted by Gasteiger charge is -2.11. The van der Waals surface area contributed by atoms with E-state index in [9.17, 15) is 0 Å². The highest BCUT2D eigenvalue weighted by molar-refractivity contribution is 6.20. The Morgan fingerprint density at radius 2 is 1.89 bits per heavy atom. The van der Waals surface area contributed by atoms with Gasteiger partial charge in [-0.2, -0.15) is 0 Å². The van der Waals surface area contributed by atoms with Crippen LogP contribution in [0.4, 0.5) is 0 Å². The molecule has 1 heterocycles. The number of nitrogens with zero attached hydrogens (tertiary/aromatic N) is 2. The van der Waals surface area contributed by atoms with Crippen molar-refractivity contribution in [2.75, 3.05) is 0 Å². The molecule has 0 saturated carbocycles. The molecule has 0 fully saturated rings. The third kappa shape index (κ3) is 3.50. The summed E-state index contributed by atoms with van der Waals surface area (Å²) in [5.41, 5.74) is 2.25. The van der Waals surface area contributed by atoms with Gasteiger partial charge < -0.3 is 4.57 Å². The molecule has 19 heavy (non-hydrogen) atoms. The van der Waals surface area contributed by atoms with E-state index in [2.05, 4.69) is 41.6 Å². The van der Waals surface area contributed by atoms with Crippen molar-refractivity contribution in [3.8, 4) is 0 Å². The van der Waals surface area contributed by atoms with Crippen molar-refractivity contribution in [1.82, 2.24) is 9.55 Å². The van der Waals surface area contributed by atoms with Crippen molar-refractivity contribution < 1.29 is 0 Å². The monoisotopic (exact) mass is 278 g/mol. The van der Waals surface area contributed by atoms with Gasteiger partial charge in [0.25, 0.3) is 0 Å². The molecule has 0 aliphatic rings. The van der Waals surface area contributed by atoms with Gasteiger partial charge in [0, 0.05) is 6.54 Å². The minimum absolute atomic E-state index is 0.0440. The van der Waals surface area contributed by atoms with Gasteiger partial charge in [-0.3, -0.25) is 0 Å². The maximum absolute atomic E-state index is 6.26. The molecule has 0 spiro atoms. The number of para-hydroxylation sites is 2. The molecule has 0 aliphatic carbocycles. The van der Waals surface area contributed by atoms with Crippen LogP contribution in [0.2, 0.25) is 0 Å². The summed E-state index contributed by atoms with van der Waals surface area (Å²) in [7, 11) is 0. The Kier molecular flexibility index (Phi) is 4.87. The smallest absolute Gasteiger partial charge is 0.127 e. The first-order valence-electron chi connectivity index (χ1n) is 7.19. The highest BCUT2D eigenvalue weighted by Gasteiger charge is 2.14. The van der Waals surface area contributed by atoms with Gasteiger partial charge in [0.1, 0.15) is 5.82 Å². The molecular weight excluding hydrogens is 256 g/mol. The van der Waals surface area contributed by atoms with E-state index in [1.54, 1.807) is 0 Å². The molecule has 0 saturated heterocycles. The fourth-order valence-corrected chi connectivity index (χ4v) is 2.62. The van der Waals surface area contributed by atoms with Crippen LogP contribution in [0.15, 0.2) is 24.3 Å². The van der Waals surface area contributed by atoms with Crippen LogP contribution in [0.3, 0.4) is 0 Å². The number of halogens is 1. The molecule has 0 bridgehead atoms. The number of benzene rings is 1. The van der Waals surface area contributed by atoms with Crippen LogP contribution in [0.1, 0.15) is 51.2 Å². The van der Waals surface area contributed by atoms with E-state index in [-0.39, 0.29) is 5.38 Å². The zero-order valence-corrected chi connectivity index (χ0v) is 12.8. The predicted molar refractivity (Wildman–Crippen MR) is 82.7 cm³/mol. The summed E-state index contributed by atoms with van der Waals surface area (Å²) >= 11 is 6.26. The first kappa shape index (κ1) is 14.4. The van der Waals surface area contributed by atoms with Gasteiger partial charge in [-0.05, 0) is 31.4 Å². The highest BCUT2D eigenvalue weighted by atomic mass is 35.5. The molecule has 2 nitrogen and oxygen atoms in total. The van der Waals surface area contributed by atoms with Crippen LogP contribution in [0.25, 0.3) is 11.0 Å². The average Bonchev–Trinajstić information content (AvgIpc) is 2.73. The van der Waals surface area contributed by atoms with Gasteiger partial charge in [0.15, 0.2) is 0 Å². The van der Waals surface area contributed by atoms with Crippen LogP contribution in [0.5, 0.6) is 0 Å². The van der Waals surface area contributed by atoms with Crippen LogP contribution in [-0.2, 0) is 6.54 Å². The van der Waals surface area contributed by atoms with E-state index in [1.165, 1.54) is 24.8 Å². The summed E-state index contributed by atoms with van der Waals surface area (Å²) in [5, 5.41) is -0.0440. The minimum atomic E-state index is -0.0440. The number of unbranched alkanes of at least 4 members (excludes halogenated alkanes) is 1. The molecule has 1 aromatic carbocycles. The van der Waals surface area contributed by atoms with Crippen molar-refractivity contribution in [2.24, 2.45) is 5.92 Å². The van der Waals surface area contributed by atoms with E-state index >= 15 is 0 Å². The van der Waals surface area contributed by atoms with E-state index in [4.69, 9.17) is 11.6 Å². The maximum Gasteiger partial charge on any atom is 0.127 e. The highest BCUT2D eigenvalue weighted by Crippen LogP contribution is 2.25. The fraction of sp³-hybridized carbons (Fsp3) is 0.562. The Morgan fingerprint density at radius 3 is 2.58 bits per heavy atom. The summed E-state index contributed by atoms with van der Waals surface area (Å²) in [6, 6.07) is 8.29. The maximum atomic E-state index is 6.26. The van der Waals surface area contributed by atoms with Crippen molar-refractivity contribution in [1.29, 1.82) is 0 Å². The van der Waals surface area contributed by atoms with Gasteiger partial charge in [0.2, 0.25) is 0 Å². The van der Waals surface area contributed by atoms with Gasteiger partial charge in [0.05, 0.1) is 16.4 Å². The molecular formula is C16H23ClN2. The molecule has 3 heteroatoms. The predicted octanol–water partition coefficient (Wildman–Crippen LogP) is 5.16. The molecule has 1 atom stereocenters. The van der Waals surface area contributed by atoms with Crippen molar-refractivity contribution in [3.63, 3.8) is 0 Å². The lowest BCUT2D eigenvalue weighted by atomic mass is 10.1. The second-order valence-corrected chi connectivity index (χ2v) is 6.27. The van der Waals surface area contributed by atoms with Crippen molar-refractivity contribution in [3.05, 3.63) is 30.1 Å². The SMILES string of the molecule is CC(C)CCCCn1c(C(C)Cl)nc2ccccc21. The standard InChI is InChI=1S/C16H23ClN2/c1-12(2)8-6-7-11-19-15-10-5-4-9-14(15)18-16(19)13(3)17/h4-5,9-10,12-13H,6-8,11H2,1-3H3. The Bertz CT molecular complexity index is 529. The van der Waals surface area contributed by atoms with Crippen molar-refractivity contribution in [2.45, 2.75) is 52.0 Å². The van der Waals surface area contributed by atoms with Crippen LogP contribution in [-0.4, -0.2) is 9.55 Å². The Hall–Kier alpha value is -1.02. The lowest BCUT2D eigenvalue weighted by molar-refractivity contribution is 0.507. The van der Waals surface area contributed by atoms with E-state index in [0.717, 1.165) is 23.8 Å². The van der Waals surface area contributed by atoms with Crippen LogP contribution >= 0.6 is 11.6 Å². The first-order chi connectivity index (χ1) is 9.09. The number of fused-ring (bicyclic) bond motifs is 1. The summed E-state index contributed by atoms with van der Waals surface area (Å²) < 4.78 is 2.29. The number of alkyl halides is 1. The molecule has 104 valence electrons. The zero-order valence-electron chi connectivity index (χ0n) is 12.1.